The third-order valence-corrected chi connectivity index (χ3v) is 4.27. The van der Waals surface area contributed by atoms with Gasteiger partial charge in [0, 0.05) is 24.0 Å². The van der Waals surface area contributed by atoms with Crippen molar-refractivity contribution in [1.29, 1.82) is 0 Å². The molecule has 0 bridgehead atoms. The van der Waals surface area contributed by atoms with Crippen LogP contribution in [0.1, 0.15) is 50.9 Å². The maximum absolute atomic E-state index is 12.8. The summed E-state index contributed by atoms with van der Waals surface area (Å²) >= 11 is 1.42. The standard InChI is InChI=1S/C18H28N2O2S/c1-5-11-20(12-6-2)18(22)15-9-7-8-10-16(15)23-13-17(21)19-14(3)4/h7-10,14H,5-6,11-13H2,1-4H3,(H,19,21). The monoisotopic (exact) mass is 336 g/mol. The quantitative estimate of drug-likeness (QED) is 0.701. The molecule has 128 valence electrons. The first kappa shape index (κ1) is 19.6. The molecular weight excluding hydrogens is 308 g/mol. The molecule has 23 heavy (non-hydrogen) atoms. The van der Waals surface area contributed by atoms with E-state index in [1.807, 2.05) is 43.0 Å². The van der Waals surface area contributed by atoms with Gasteiger partial charge in [0.15, 0.2) is 0 Å². The normalized spacial score (nSPS) is 10.7. The minimum absolute atomic E-state index is 0.00813. The number of rotatable bonds is 9. The predicted molar refractivity (Wildman–Crippen MR) is 96.9 cm³/mol. The van der Waals surface area contributed by atoms with E-state index in [2.05, 4.69) is 19.2 Å². The first-order valence-corrected chi connectivity index (χ1v) is 9.28. The van der Waals surface area contributed by atoms with E-state index in [9.17, 15) is 9.59 Å². The number of nitrogens with one attached hydrogen (secondary N) is 1. The molecule has 1 N–H and O–H groups in total. The van der Waals surface area contributed by atoms with E-state index in [0.717, 1.165) is 30.8 Å². The Bertz CT molecular complexity index is 511. The Morgan fingerprint density at radius 3 is 2.30 bits per heavy atom. The number of hydrogen-bond acceptors (Lipinski definition) is 3. The molecule has 0 heterocycles. The van der Waals surface area contributed by atoms with Crippen molar-refractivity contribution in [2.24, 2.45) is 0 Å². The van der Waals surface area contributed by atoms with Crippen molar-refractivity contribution in [3.8, 4) is 0 Å². The molecule has 1 aromatic carbocycles. The van der Waals surface area contributed by atoms with E-state index < -0.39 is 0 Å². The van der Waals surface area contributed by atoms with Crippen molar-refractivity contribution in [2.75, 3.05) is 18.8 Å². The van der Waals surface area contributed by atoms with E-state index >= 15 is 0 Å². The first-order chi connectivity index (χ1) is 11.0. The molecule has 2 amide bonds. The van der Waals surface area contributed by atoms with Crippen molar-refractivity contribution >= 4 is 23.6 Å². The van der Waals surface area contributed by atoms with Gasteiger partial charge in [-0.1, -0.05) is 26.0 Å². The van der Waals surface area contributed by atoms with Crippen LogP contribution in [0.4, 0.5) is 0 Å². The fourth-order valence-electron chi connectivity index (χ4n) is 2.30. The van der Waals surface area contributed by atoms with E-state index in [1.54, 1.807) is 0 Å². The Kier molecular flexibility index (Phi) is 8.77. The number of carbonyl (C=O) groups excluding carboxylic acids is 2. The summed E-state index contributed by atoms with van der Waals surface area (Å²) in [4.78, 5) is 27.4. The van der Waals surface area contributed by atoms with Gasteiger partial charge in [-0.15, -0.1) is 11.8 Å². The predicted octanol–water partition coefficient (Wildman–Crippen LogP) is 3.57. The molecule has 5 heteroatoms. The zero-order chi connectivity index (χ0) is 17.2. The highest BCUT2D eigenvalue weighted by molar-refractivity contribution is 8.00. The highest BCUT2D eigenvalue weighted by Gasteiger charge is 2.18. The highest BCUT2D eigenvalue weighted by Crippen LogP contribution is 2.24. The second-order valence-corrected chi connectivity index (χ2v) is 6.82. The molecule has 1 aromatic rings. The zero-order valence-electron chi connectivity index (χ0n) is 14.6. The molecule has 0 saturated heterocycles. The Labute approximate surface area is 144 Å². The maximum Gasteiger partial charge on any atom is 0.254 e. The first-order valence-electron chi connectivity index (χ1n) is 8.30. The molecule has 0 radical (unpaired) electrons. The van der Waals surface area contributed by atoms with Gasteiger partial charge < -0.3 is 10.2 Å². The zero-order valence-corrected chi connectivity index (χ0v) is 15.4. The molecule has 0 aliphatic rings. The summed E-state index contributed by atoms with van der Waals surface area (Å²) in [7, 11) is 0. The van der Waals surface area contributed by atoms with Crippen molar-refractivity contribution in [1.82, 2.24) is 10.2 Å². The van der Waals surface area contributed by atoms with Gasteiger partial charge in [-0.2, -0.15) is 0 Å². The molecule has 0 fully saturated rings. The number of amides is 2. The Morgan fingerprint density at radius 1 is 1.13 bits per heavy atom. The van der Waals surface area contributed by atoms with Crippen LogP contribution in [0.2, 0.25) is 0 Å². The molecule has 1 rings (SSSR count). The average molecular weight is 337 g/mol. The second-order valence-electron chi connectivity index (χ2n) is 5.80. The number of nitrogens with zero attached hydrogens (tertiary/aromatic N) is 1. The van der Waals surface area contributed by atoms with E-state index in [4.69, 9.17) is 0 Å². The molecule has 0 aliphatic carbocycles. The van der Waals surface area contributed by atoms with Crippen molar-refractivity contribution in [2.45, 2.75) is 51.5 Å². The van der Waals surface area contributed by atoms with E-state index in [1.165, 1.54) is 11.8 Å². The fourth-order valence-corrected chi connectivity index (χ4v) is 3.16. The van der Waals surface area contributed by atoms with Crippen molar-refractivity contribution < 1.29 is 9.59 Å². The molecule has 4 nitrogen and oxygen atoms in total. The van der Waals surface area contributed by atoms with Gasteiger partial charge >= 0.3 is 0 Å². The summed E-state index contributed by atoms with van der Waals surface area (Å²) in [5.74, 6) is 0.372. The van der Waals surface area contributed by atoms with Gasteiger partial charge in [0.05, 0.1) is 11.3 Å². The largest absolute Gasteiger partial charge is 0.353 e. The fraction of sp³-hybridized carbons (Fsp3) is 0.556. The summed E-state index contributed by atoms with van der Waals surface area (Å²) in [6.07, 6.45) is 1.88. The summed E-state index contributed by atoms with van der Waals surface area (Å²) < 4.78 is 0. The average Bonchev–Trinajstić information content (AvgIpc) is 2.51. The highest BCUT2D eigenvalue weighted by atomic mass is 32.2. The lowest BCUT2D eigenvalue weighted by Crippen LogP contribution is -2.33. The van der Waals surface area contributed by atoms with Crippen LogP contribution in [0, 0.1) is 0 Å². The number of hydrogen-bond donors (Lipinski definition) is 1. The summed E-state index contributed by atoms with van der Waals surface area (Å²) in [5, 5.41) is 2.87. The third-order valence-electron chi connectivity index (χ3n) is 3.20. The van der Waals surface area contributed by atoms with E-state index in [0.29, 0.717) is 11.3 Å². The summed E-state index contributed by atoms with van der Waals surface area (Å²) in [6, 6.07) is 7.68. The number of benzene rings is 1. The topological polar surface area (TPSA) is 49.4 Å². The SMILES string of the molecule is CCCN(CCC)C(=O)c1ccccc1SCC(=O)NC(C)C. The molecule has 0 unspecified atom stereocenters. The maximum atomic E-state index is 12.8. The molecule has 0 atom stereocenters. The van der Waals surface area contributed by atoms with Crippen LogP contribution in [0.25, 0.3) is 0 Å². The number of carbonyl (C=O) groups is 2. The Hall–Kier alpha value is -1.49. The minimum atomic E-state index is -0.00813. The molecule has 0 aromatic heterocycles. The van der Waals surface area contributed by atoms with Crippen LogP contribution in [-0.4, -0.2) is 41.6 Å². The summed E-state index contributed by atoms with van der Waals surface area (Å²) in [5.41, 5.74) is 0.691. The van der Waals surface area contributed by atoms with Crippen molar-refractivity contribution in [3.05, 3.63) is 29.8 Å². The van der Waals surface area contributed by atoms with Crippen LogP contribution >= 0.6 is 11.8 Å². The van der Waals surface area contributed by atoms with Gasteiger partial charge in [-0.05, 0) is 38.8 Å². The third kappa shape index (κ3) is 6.65. The van der Waals surface area contributed by atoms with E-state index in [-0.39, 0.29) is 17.9 Å². The van der Waals surface area contributed by atoms with Crippen LogP contribution < -0.4 is 5.32 Å². The molecule has 0 saturated carbocycles. The number of thioether (sulfide) groups is 1. The van der Waals surface area contributed by atoms with Gasteiger partial charge in [-0.25, -0.2) is 0 Å². The van der Waals surface area contributed by atoms with Crippen LogP contribution in [0.5, 0.6) is 0 Å². The van der Waals surface area contributed by atoms with Gasteiger partial charge in [0.2, 0.25) is 5.91 Å². The van der Waals surface area contributed by atoms with Crippen LogP contribution in [0.3, 0.4) is 0 Å². The van der Waals surface area contributed by atoms with Crippen LogP contribution in [0.15, 0.2) is 29.2 Å². The molecule has 0 aliphatic heterocycles. The minimum Gasteiger partial charge on any atom is -0.353 e. The lowest BCUT2D eigenvalue weighted by atomic mass is 10.2. The molecule has 0 spiro atoms. The second kappa shape index (κ2) is 10.3. The molecular formula is C18H28N2O2S. The van der Waals surface area contributed by atoms with Gasteiger partial charge in [-0.3, -0.25) is 9.59 Å². The van der Waals surface area contributed by atoms with Crippen molar-refractivity contribution in [3.63, 3.8) is 0 Å². The Balaban J connectivity index is 2.83. The van der Waals surface area contributed by atoms with Gasteiger partial charge in [0.1, 0.15) is 0 Å². The smallest absolute Gasteiger partial charge is 0.254 e. The summed E-state index contributed by atoms with van der Waals surface area (Å²) in [6.45, 7) is 9.56. The van der Waals surface area contributed by atoms with Crippen LogP contribution in [-0.2, 0) is 4.79 Å². The Morgan fingerprint density at radius 2 is 1.74 bits per heavy atom. The lowest BCUT2D eigenvalue weighted by molar-refractivity contribution is -0.119. The lowest BCUT2D eigenvalue weighted by Gasteiger charge is -2.22. The van der Waals surface area contributed by atoms with Gasteiger partial charge in [0.25, 0.3) is 5.91 Å².